The average Bonchev–Trinajstić information content (AvgIpc) is 2.36. The van der Waals surface area contributed by atoms with E-state index in [0.717, 1.165) is 16.5 Å². The summed E-state index contributed by atoms with van der Waals surface area (Å²) in [6, 6.07) is 13.8. The normalized spacial score (nSPS) is 10.4. The number of aliphatic hydroxyl groups is 1. The zero-order valence-corrected chi connectivity index (χ0v) is 9.52. The third-order valence-corrected chi connectivity index (χ3v) is 2.60. The molecule has 0 radical (unpaired) electrons. The van der Waals surface area contributed by atoms with E-state index in [1.54, 1.807) is 0 Å². The van der Waals surface area contributed by atoms with Crippen molar-refractivity contribution in [2.75, 3.05) is 11.9 Å². The molecule has 0 saturated carbocycles. The van der Waals surface area contributed by atoms with Crippen LogP contribution < -0.4 is 5.32 Å². The molecule has 0 heterocycles. The van der Waals surface area contributed by atoms with E-state index < -0.39 is 0 Å². The van der Waals surface area contributed by atoms with Gasteiger partial charge in [-0.25, -0.2) is 0 Å². The molecule has 3 heteroatoms. The summed E-state index contributed by atoms with van der Waals surface area (Å²) in [6.07, 6.45) is 0.850. The molecule has 3 nitrogen and oxygen atoms in total. The molecule has 0 aliphatic rings. The molecular formula is C14H15NO2. The Kier molecular flexibility index (Phi) is 3.73. The second-order valence-electron chi connectivity index (χ2n) is 3.94. The Morgan fingerprint density at radius 1 is 1.12 bits per heavy atom. The monoisotopic (exact) mass is 229 g/mol. The van der Waals surface area contributed by atoms with Crippen LogP contribution in [-0.4, -0.2) is 17.6 Å². The van der Waals surface area contributed by atoms with E-state index in [-0.39, 0.29) is 12.5 Å². The average molecular weight is 229 g/mol. The first kappa shape index (κ1) is 11.6. The zero-order valence-electron chi connectivity index (χ0n) is 9.52. The van der Waals surface area contributed by atoms with Gasteiger partial charge in [-0.15, -0.1) is 0 Å². The second kappa shape index (κ2) is 5.46. The molecule has 0 unspecified atom stereocenters. The minimum atomic E-state index is -0.0608. The third-order valence-electron chi connectivity index (χ3n) is 2.60. The minimum absolute atomic E-state index is 0.0468. The number of hydrogen-bond acceptors (Lipinski definition) is 2. The molecule has 2 aromatic rings. The van der Waals surface area contributed by atoms with Crippen molar-refractivity contribution in [2.45, 2.75) is 12.8 Å². The van der Waals surface area contributed by atoms with Crippen molar-refractivity contribution in [1.82, 2.24) is 0 Å². The van der Waals surface area contributed by atoms with Crippen LogP contribution in [0.2, 0.25) is 0 Å². The fourth-order valence-electron chi connectivity index (χ4n) is 1.73. The lowest BCUT2D eigenvalue weighted by molar-refractivity contribution is -0.116. The van der Waals surface area contributed by atoms with Gasteiger partial charge < -0.3 is 10.4 Å². The molecule has 0 saturated heterocycles. The largest absolute Gasteiger partial charge is 0.396 e. The Morgan fingerprint density at radius 3 is 2.65 bits per heavy atom. The molecule has 0 fully saturated rings. The molecular weight excluding hydrogens is 214 g/mol. The third kappa shape index (κ3) is 3.04. The SMILES string of the molecule is O=C(CCCO)Nc1ccc2ccccc2c1. The molecule has 0 atom stereocenters. The maximum absolute atomic E-state index is 11.5. The molecule has 0 aliphatic heterocycles. The highest BCUT2D eigenvalue weighted by Gasteiger charge is 2.02. The number of hydrogen-bond donors (Lipinski definition) is 2. The Labute approximate surface area is 100 Å². The Hall–Kier alpha value is -1.87. The van der Waals surface area contributed by atoms with Crippen LogP contribution in [0.3, 0.4) is 0 Å². The Balaban J connectivity index is 2.11. The quantitative estimate of drug-likeness (QED) is 0.846. The highest BCUT2D eigenvalue weighted by Crippen LogP contribution is 2.18. The number of nitrogens with one attached hydrogen (secondary N) is 1. The van der Waals surface area contributed by atoms with Crippen LogP contribution in [0.15, 0.2) is 42.5 Å². The van der Waals surface area contributed by atoms with E-state index in [0.29, 0.717) is 12.8 Å². The van der Waals surface area contributed by atoms with Crippen LogP contribution in [-0.2, 0) is 4.79 Å². The highest BCUT2D eigenvalue weighted by atomic mass is 16.3. The Morgan fingerprint density at radius 2 is 1.88 bits per heavy atom. The number of aliphatic hydroxyl groups excluding tert-OH is 1. The first-order chi connectivity index (χ1) is 8.29. The Bertz CT molecular complexity index is 522. The van der Waals surface area contributed by atoms with Crippen LogP contribution in [0.5, 0.6) is 0 Å². The lowest BCUT2D eigenvalue weighted by Crippen LogP contribution is -2.11. The topological polar surface area (TPSA) is 49.3 Å². The van der Waals surface area contributed by atoms with Crippen molar-refractivity contribution in [3.05, 3.63) is 42.5 Å². The number of benzene rings is 2. The molecule has 0 aromatic heterocycles. The first-order valence-electron chi connectivity index (χ1n) is 5.69. The summed E-state index contributed by atoms with van der Waals surface area (Å²) in [5.41, 5.74) is 0.798. The molecule has 0 bridgehead atoms. The van der Waals surface area contributed by atoms with E-state index in [2.05, 4.69) is 5.32 Å². The summed E-state index contributed by atoms with van der Waals surface area (Å²) >= 11 is 0. The van der Waals surface area contributed by atoms with Crippen LogP contribution >= 0.6 is 0 Å². The summed E-state index contributed by atoms with van der Waals surface area (Å²) in [5, 5.41) is 13.7. The van der Waals surface area contributed by atoms with Crippen molar-refractivity contribution in [3.63, 3.8) is 0 Å². The standard InChI is InChI=1S/C14H15NO2/c16-9-3-6-14(17)15-13-8-7-11-4-1-2-5-12(11)10-13/h1-2,4-5,7-8,10,16H,3,6,9H2,(H,15,17). The number of carbonyl (C=O) groups is 1. The highest BCUT2D eigenvalue weighted by molar-refractivity contribution is 5.94. The van der Waals surface area contributed by atoms with E-state index in [4.69, 9.17) is 5.11 Å². The van der Waals surface area contributed by atoms with Gasteiger partial charge in [-0.3, -0.25) is 4.79 Å². The molecule has 2 N–H and O–H groups in total. The maximum atomic E-state index is 11.5. The maximum Gasteiger partial charge on any atom is 0.224 e. The van der Waals surface area contributed by atoms with Crippen molar-refractivity contribution >= 4 is 22.4 Å². The van der Waals surface area contributed by atoms with E-state index in [9.17, 15) is 4.79 Å². The van der Waals surface area contributed by atoms with Crippen LogP contribution in [0.25, 0.3) is 10.8 Å². The molecule has 2 aromatic carbocycles. The first-order valence-corrected chi connectivity index (χ1v) is 5.69. The number of fused-ring (bicyclic) bond motifs is 1. The van der Waals surface area contributed by atoms with Gasteiger partial charge in [-0.05, 0) is 29.3 Å². The van der Waals surface area contributed by atoms with Gasteiger partial charge in [0.05, 0.1) is 0 Å². The number of rotatable bonds is 4. The number of amides is 1. The lowest BCUT2D eigenvalue weighted by atomic mass is 10.1. The van der Waals surface area contributed by atoms with Gasteiger partial charge in [0.1, 0.15) is 0 Å². The van der Waals surface area contributed by atoms with Crippen molar-refractivity contribution in [1.29, 1.82) is 0 Å². The summed E-state index contributed by atoms with van der Waals surface area (Å²) in [4.78, 5) is 11.5. The van der Waals surface area contributed by atoms with Gasteiger partial charge in [-0.1, -0.05) is 30.3 Å². The van der Waals surface area contributed by atoms with Crippen LogP contribution in [0.1, 0.15) is 12.8 Å². The number of carbonyl (C=O) groups excluding carboxylic acids is 1. The molecule has 2 rings (SSSR count). The molecule has 17 heavy (non-hydrogen) atoms. The fourth-order valence-corrected chi connectivity index (χ4v) is 1.73. The molecule has 88 valence electrons. The molecule has 0 aliphatic carbocycles. The van der Waals surface area contributed by atoms with Gasteiger partial charge in [-0.2, -0.15) is 0 Å². The number of anilines is 1. The molecule has 1 amide bonds. The second-order valence-corrected chi connectivity index (χ2v) is 3.94. The predicted molar refractivity (Wildman–Crippen MR) is 68.9 cm³/mol. The van der Waals surface area contributed by atoms with Crippen LogP contribution in [0, 0.1) is 0 Å². The van der Waals surface area contributed by atoms with E-state index in [1.165, 1.54) is 0 Å². The van der Waals surface area contributed by atoms with E-state index >= 15 is 0 Å². The van der Waals surface area contributed by atoms with Crippen molar-refractivity contribution < 1.29 is 9.90 Å². The smallest absolute Gasteiger partial charge is 0.224 e. The van der Waals surface area contributed by atoms with Crippen molar-refractivity contribution in [2.24, 2.45) is 0 Å². The molecule has 0 spiro atoms. The summed E-state index contributed by atoms with van der Waals surface area (Å²) in [5.74, 6) is -0.0608. The summed E-state index contributed by atoms with van der Waals surface area (Å²) < 4.78 is 0. The van der Waals surface area contributed by atoms with E-state index in [1.807, 2.05) is 42.5 Å². The van der Waals surface area contributed by atoms with Gasteiger partial charge >= 0.3 is 0 Å². The lowest BCUT2D eigenvalue weighted by Gasteiger charge is -2.06. The minimum Gasteiger partial charge on any atom is -0.396 e. The predicted octanol–water partition coefficient (Wildman–Crippen LogP) is 2.55. The zero-order chi connectivity index (χ0) is 12.1. The van der Waals surface area contributed by atoms with Crippen molar-refractivity contribution in [3.8, 4) is 0 Å². The fraction of sp³-hybridized carbons (Fsp3) is 0.214. The summed E-state index contributed by atoms with van der Waals surface area (Å²) in [7, 11) is 0. The van der Waals surface area contributed by atoms with Gasteiger partial charge in [0, 0.05) is 18.7 Å². The van der Waals surface area contributed by atoms with Crippen LogP contribution in [0.4, 0.5) is 5.69 Å². The summed E-state index contributed by atoms with van der Waals surface area (Å²) in [6.45, 7) is 0.0468. The van der Waals surface area contributed by atoms with Gasteiger partial charge in [0.25, 0.3) is 0 Å². The van der Waals surface area contributed by atoms with Gasteiger partial charge in [0.2, 0.25) is 5.91 Å². The van der Waals surface area contributed by atoms with Gasteiger partial charge in [0.15, 0.2) is 0 Å².